The number of aromatic nitrogens is 2. The average molecular weight is 290 g/mol. The zero-order valence-corrected chi connectivity index (χ0v) is 12.3. The molecule has 0 bridgehead atoms. The van der Waals surface area contributed by atoms with Crippen LogP contribution in [0.15, 0.2) is 22.9 Å². The van der Waals surface area contributed by atoms with Gasteiger partial charge in [-0.05, 0) is 28.8 Å². The summed E-state index contributed by atoms with van der Waals surface area (Å²) in [4.78, 5) is 10.8. The summed E-state index contributed by atoms with van der Waals surface area (Å²) in [6.07, 6.45) is 1.00. The first-order valence-corrected chi connectivity index (χ1v) is 7.61. The van der Waals surface area contributed by atoms with E-state index in [1.807, 2.05) is 13.1 Å². The monoisotopic (exact) mass is 290 g/mol. The molecular formula is C14H18N4OS. The summed E-state index contributed by atoms with van der Waals surface area (Å²) >= 11 is 1.70. The van der Waals surface area contributed by atoms with Crippen LogP contribution in [0, 0.1) is 0 Å². The topological polar surface area (TPSA) is 64.3 Å². The van der Waals surface area contributed by atoms with Crippen LogP contribution in [0.5, 0.6) is 0 Å². The van der Waals surface area contributed by atoms with Crippen LogP contribution in [-0.2, 0) is 11.3 Å². The average Bonchev–Trinajstić information content (AvgIpc) is 3.11. The zero-order chi connectivity index (χ0) is 13.9. The molecule has 1 fully saturated rings. The largest absolute Gasteiger partial charge is 0.381 e. The third-order valence-electron chi connectivity index (χ3n) is 3.49. The highest BCUT2D eigenvalue weighted by molar-refractivity contribution is 7.07. The van der Waals surface area contributed by atoms with Crippen LogP contribution in [0.4, 0.5) is 11.8 Å². The number of rotatable bonds is 4. The summed E-state index contributed by atoms with van der Waals surface area (Å²) in [5.41, 5.74) is 8.12. The Balaban J connectivity index is 1.81. The molecule has 106 valence electrons. The molecule has 0 saturated carbocycles. The predicted molar refractivity (Wildman–Crippen MR) is 81.0 cm³/mol. The number of thiophene rings is 1. The van der Waals surface area contributed by atoms with Gasteiger partial charge in [-0.2, -0.15) is 16.3 Å². The second-order valence-electron chi connectivity index (χ2n) is 5.06. The Morgan fingerprint density at radius 1 is 1.50 bits per heavy atom. The third-order valence-corrected chi connectivity index (χ3v) is 4.22. The maximum atomic E-state index is 5.85. The number of hydrogen-bond donors (Lipinski definition) is 1. The van der Waals surface area contributed by atoms with Crippen molar-refractivity contribution < 1.29 is 4.74 Å². The molecule has 0 amide bonds. The summed E-state index contributed by atoms with van der Waals surface area (Å²) in [7, 11) is 2.02. The van der Waals surface area contributed by atoms with Gasteiger partial charge in [0.15, 0.2) is 0 Å². The molecule has 0 aliphatic carbocycles. The van der Waals surface area contributed by atoms with Crippen LogP contribution < -0.4 is 10.6 Å². The number of ether oxygens (including phenoxy) is 1. The maximum Gasteiger partial charge on any atom is 0.222 e. The number of anilines is 2. The van der Waals surface area contributed by atoms with Gasteiger partial charge in [0.25, 0.3) is 0 Å². The van der Waals surface area contributed by atoms with Gasteiger partial charge in [0, 0.05) is 32.2 Å². The summed E-state index contributed by atoms with van der Waals surface area (Å²) < 4.78 is 5.42. The van der Waals surface area contributed by atoms with E-state index in [2.05, 4.69) is 31.7 Å². The van der Waals surface area contributed by atoms with Gasteiger partial charge in [-0.1, -0.05) is 0 Å². The van der Waals surface area contributed by atoms with Crippen molar-refractivity contribution >= 4 is 23.1 Å². The van der Waals surface area contributed by atoms with Gasteiger partial charge >= 0.3 is 0 Å². The lowest BCUT2D eigenvalue weighted by atomic mass is 10.0. The summed E-state index contributed by atoms with van der Waals surface area (Å²) in [5, 5.41) is 4.23. The fraction of sp³-hybridized carbons (Fsp3) is 0.429. The molecule has 2 N–H and O–H groups in total. The number of nitrogens with two attached hydrogens (primary N) is 1. The van der Waals surface area contributed by atoms with Gasteiger partial charge in [0.1, 0.15) is 5.82 Å². The van der Waals surface area contributed by atoms with E-state index < -0.39 is 0 Å². The van der Waals surface area contributed by atoms with Gasteiger partial charge in [0.05, 0.1) is 12.3 Å². The Hall–Kier alpha value is -1.66. The third kappa shape index (κ3) is 2.91. The summed E-state index contributed by atoms with van der Waals surface area (Å²) in [5.74, 6) is 1.54. The van der Waals surface area contributed by atoms with Gasteiger partial charge in [-0.3, -0.25) is 0 Å². The Bertz CT molecular complexity index is 567. The highest BCUT2D eigenvalue weighted by Gasteiger charge is 2.21. The SMILES string of the molecule is CN(Cc1ccsc1)c1cc([C@@H]2CCOC2)nc(N)n1. The fourth-order valence-electron chi connectivity index (χ4n) is 2.38. The van der Waals surface area contributed by atoms with Crippen molar-refractivity contribution in [2.45, 2.75) is 18.9 Å². The minimum atomic E-state index is 0.335. The van der Waals surface area contributed by atoms with Crippen LogP contribution in [0.25, 0.3) is 0 Å². The van der Waals surface area contributed by atoms with Crippen molar-refractivity contribution in [3.05, 3.63) is 34.2 Å². The second kappa shape index (κ2) is 5.76. The van der Waals surface area contributed by atoms with Crippen LogP contribution in [0.2, 0.25) is 0 Å². The van der Waals surface area contributed by atoms with E-state index in [9.17, 15) is 0 Å². The first-order chi connectivity index (χ1) is 9.72. The summed E-state index contributed by atoms with van der Waals surface area (Å²) in [6.45, 7) is 2.35. The highest BCUT2D eigenvalue weighted by Crippen LogP contribution is 2.26. The molecule has 20 heavy (non-hydrogen) atoms. The quantitative estimate of drug-likeness (QED) is 0.935. The van der Waals surface area contributed by atoms with Gasteiger partial charge in [0.2, 0.25) is 5.95 Å². The van der Waals surface area contributed by atoms with E-state index in [1.165, 1.54) is 5.56 Å². The van der Waals surface area contributed by atoms with E-state index in [0.29, 0.717) is 11.9 Å². The molecule has 0 unspecified atom stereocenters. The van der Waals surface area contributed by atoms with Crippen molar-refractivity contribution in [3.63, 3.8) is 0 Å². The Labute approximate surface area is 122 Å². The van der Waals surface area contributed by atoms with Crippen LogP contribution in [0.3, 0.4) is 0 Å². The molecule has 3 rings (SSSR count). The maximum absolute atomic E-state index is 5.85. The van der Waals surface area contributed by atoms with E-state index in [0.717, 1.165) is 37.7 Å². The first-order valence-electron chi connectivity index (χ1n) is 6.67. The first kappa shape index (κ1) is 13.3. The minimum Gasteiger partial charge on any atom is -0.381 e. The molecule has 3 heterocycles. The van der Waals surface area contributed by atoms with Crippen LogP contribution in [-0.4, -0.2) is 30.2 Å². The second-order valence-corrected chi connectivity index (χ2v) is 5.84. The molecule has 0 radical (unpaired) electrons. The number of hydrogen-bond acceptors (Lipinski definition) is 6. The molecular weight excluding hydrogens is 272 g/mol. The number of nitrogen functional groups attached to an aromatic ring is 1. The lowest BCUT2D eigenvalue weighted by Gasteiger charge is -2.19. The van der Waals surface area contributed by atoms with E-state index >= 15 is 0 Å². The molecule has 1 saturated heterocycles. The molecule has 1 aliphatic heterocycles. The molecule has 2 aromatic rings. The Kier molecular flexibility index (Phi) is 3.84. The molecule has 0 aromatic carbocycles. The fourth-order valence-corrected chi connectivity index (χ4v) is 3.04. The van der Waals surface area contributed by atoms with E-state index in [-0.39, 0.29) is 0 Å². The van der Waals surface area contributed by atoms with Crippen molar-refractivity contribution in [2.75, 3.05) is 30.9 Å². The number of nitrogens with zero attached hydrogens (tertiary/aromatic N) is 3. The molecule has 0 spiro atoms. The molecule has 2 aromatic heterocycles. The molecule has 1 atom stereocenters. The van der Waals surface area contributed by atoms with Gasteiger partial charge in [-0.25, -0.2) is 4.98 Å². The standard InChI is InChI=1S/C14H18N4OS/c1-18(7-10-3-5-20-9-10)13-6-12(16-14(15)17-13)11-2-4-19-8-11/h3,5-6,9,11H,2,4,7-8H2,1H3,(H2,15,16,17)/t11-/m1/s1. The Morgan fingerprint density at radius 3 is 3.10 bits per heavy atom. The molecule has 6 heteroatoms. The lowest BCUT2D eigenvalue weighted by Crippen LogP contribution is -2.19. The van der Waals surface area contributed by atoms with Crippen molar-refractivity contribution in [1.82, 2.24) is 9.97 Å². The highest BCUT2D eigenvalue weighted by atomic mass is 32.1. The lowest BCUT2D eigenvalue weighted by molar-refractivity contribution is 0.193. The van der Waals surface area contributed by atoms with Crippen LogP contribution in [0.1, 0.15) is 23.6 Å². The summed E-state index contributed by atoms with van der Waals surface area (Å²) in [6, 6.07) is 4.15. The van der Waals surface area contributed by atoms with Crippen LogP contribution >= 0.6 is 11.3 Å². The molecule has 1 aliphatic rings. The van der Waals surface area contributed by atoms with E-state index in [4.69, 9.17) is 10.5 Å². The minimum absolute atomic E-state index is 0.335. The molecule has 5 nitrogen and oxygen atoms in total. The predicted octanol–water partition coefficient (Wildman–Crippen LogP) is 2.26. The Morgan fingerprint density at radius 2 is 2.40 bits per heavy atom. The van der Waals surface area contributed by atoms with Gasteiger partial charge < -0.3 is 15.4 Å². The zero-order valence-electron chi connectivity index (χ0n) is 11.5. The smallest absolute Gasteiger partial charge is 0.222 e. The normalized spacial score (nSPS) is 18.4. The van der Waals surface area contributed by atoms with Gasteiger partial charge in [-0.15, -0.1) is 0 Å². The van der Waals surface area contributed by atoms with Crippen molar-refractivity contribution in [2.24, 2.45) is 0 Å². The van der Waals surface area contributed by atoms with E-state index in [1.54, 1.807) is 11.3 Å². The van der Waals surface area contributed by atoms with Crippen molar-refractivity contribution in [3.8, 4) is 0 Å². The van der Waals surface area contributed by atoms with Crippen molar-refractivity contribution in [1.29, 1.82) is 0 Å².